The summed E-state index contributed by atoms with van der Waals surface area (Å²) in [5, 5.41) is 20.7. The Bertz CT molecular complexity index is 2600. The van der Waals surface area contributed by atoms with E-state index in [-0.39, 0.29) is 19.3 Å². The van der Waals surface area contributed by atoms with Crippen LogP contribution in [0.3, 0.4) is 0 Å². The van der Waals surface area contributed by atoms with Crippen LogP contribution in [0, 0.1) is 0 Å². The lowest BCUT2D eigenvalue weighted by atomic mass is 10.0. The van der Waals surface area contributed by atoms with Crippen molar-refractivity contribution in [2.45, 2.75) is 386 Å². The SMILES string of the molecule is CC/C=C\C/C=C\C/C=C\C/C=C\C/C=C\CCCCCCCCCCCCCCCC(=O)OCC(COP(=O)(O)OCC(O)COP(=O)(O)OCC(O)COC(=O)CCCCCCCCCCCCCCCCC/C=C\C/C=C\C/C=C\C/C=C\CCCCC)OC(=O)CCCCCCC/C=C\C/C=C\C/C=C\CC. The molecule has 0 aromatic carbocycles. The van der Waals surface area contributed by atoms with Crippen molar-refractivity contribution in [3.8, 4) is 0 Å². The number of rotatable bonds is 83. The molecule has 0 saturated heterocycles. The molecule has 0 spiro atoms. The maximum Gasteiger partial charge on any atom is 0.472 e. The second-order valence-corrected chi connectivity index (χ2v) is 32.2. The number of carbonyl (C=O) groups is 3. The monoisotopic (exact) mass is 1600 g/mol. The molecule has 0 aliphatic carbocycles. The van der Waals surface area contributed by atoms with Crippen LogP contribution in [-0.2, 0) is 55.8 Å². The van der Waals surface area contributed by atoms with Gasteiger partial charge >= 0.3 is 33.6 Å². The molecule has 0 rings (SSSR count). The van der Waals surface area contributed by atoms with Gasteiger partial charge in [-0.1, -0.05) is 353 Å². The molecule has 4 N–H and O–H groups in total. The summed E-state index contributed by atoms with van der Waals surface area (Å²) >= 11 is 0. The van der Waals surface area contributed by atoms with Gasteiger partial charge < -0.3 is 34.2 Å². The normalized spacial score (nSPS) is 14.5. The molecule has 0 aliphatic rings. The minimum atomic E-state index is -4.94. The average Bonchev–Trinajstić information content (AvgIpc) is 0.971. The number of allylic oxidation sites excluding steroid dienone is 24. The lowest BCUT2D eigenvalue weighted by Gasteiger charge is -2.21. The van der Waals surface area contributed by atoms with E-state index in [0.717, 1.165) is 154 Å². The van der Waals surface area contributed by atoms with Crippen LogP contribution in [0.15, 0.2) is 146 Å². The first-order chi connectivity index (χ1) is 54.2. The number of hydrogen-bond donors (Lipinski definition) is 4. The molecule has 0 bridgehead atoms. The van der Waals surface area contributed by atoms with Crippen LogP contribution in [0.25, 0.3) is 0 Å². The molecule has 0 aromatic heterocycles. The van der Waals surface area contributed by atoms with E-state index < -0.39 is 91.5 Å². The quantitative estimate of drug-likeness (QED) is 0.0146. The largest absolute Gasteiger partial charge is 0.472 e. The van der Waals surface area contributed by atoms with Gasteiger partial charge in [0, 0.05) is 19.3 Å². The number of esters is 3. The second kappa shape index (κ2) is 84.8. The Kier molecular flexibility index (Phi) is 81.3. The van der Waals surface area contributed by atoms with Crippen LogP contribution in [0.1, 0.15) is 367 Å². The fourth-order valence-electron chi connectivity index (χ4n) is 11.9. The first-order valence-corrected chi connectivity index (χ1v) is 47.1. The Morgan fingerprint density at radius 3 is 0.757 bits per heavy atom. The Morgan fingerprint density at radius 2 is 0.477 bits per heavy atom. The molecule has 0 aromatic rings. The van der Waals surface area contributed by atoms with Gasteiger partial charge in [-0.2, -0.15) is 0 Å². The smallest absolute Gasteiger partial charge is 0.463 e. The fraction of sp³-hybridized carbons (Fsp3) is 0.710. The zero-order valence-electron chi connectivity index (χ0n) is 70.1. The van der Waals surface area contributed by atoms with Gasteiger partial charge in [0.2, 0.25) is 0 Å². The van der Waals surface area contributed by atoms with Crippen LogP contribution in [0.2, 0.25) is 0 Å². The van der Waals surface area contributed by atoms with Crippen LogP contribution < -0.4 is 0 Å². The number of phosphoric acid groups is 2. The van der Waals surface area contributed by atoms with Gasteiger partial charge in [0.1, 0.15) is 25.4 Å². The van der Waals surface area contributed by atoms with Gasteiger partial charge in [-0.15, -0.1) is 0 Å². The molecule has 0 amide bonds. The highest BCUT2D eigenvalue weighted by molar-refractivity contribution is 7.47. The van der Waals surface area contributed by atoms with Crippen LogP contribution in [0.5, 0.6) is 0 Å². The Morgan fingerprint density at radius 1 is 0.261 bits per heavy atom. The van der Waals surface area contributed by atoms with Crippen molar-refractivity contribution in [3.05, 3.63) is 146 Å². The van der Waals surface area contributed by atoms with Crippen molar-refractivity contribution in [2.24, 2.45) is 0 Å². The first kappa shape index (κ1) is 106. The first-order valence-electron chi connectivity index (χ1n) is 44.1. The Balaban J connectivity index is 4.49. The Hall–Kier alpha value is -4.57. The summed E-state index contributed by atoms with van der Waals surface area (Å²) in [6.45, 7) is 2.44. The summed E-state index contributed by atoms with van der Waals surface area (Å²) in [6.07, 6.45) is 106. The second-order valence-electron chi connectivity index (χ2n) is 29.3. The summed E-state index contributed by atoms with van der Waals surface area (Å²) in [7, 11) is -9.80. The molecule has 0 fully saturated rings. The van der Waals surface area contributed by atoms with Crippen LogP contribution in [0.4, 0.5) is 0 Å². The number of phosphoric ester groups is 2. The number of ether oxygens (including phenoxy) is 3. The highest BCUT2D eigenvalue weighted by atomic mass is 31.2. The molecule has 5 unspecified atom stereocenters. The van der Waals surface area contributed by atoms with Crippen molar-refractivity contribution in [3.63, 3.8) is 0 Å². The highest BCUT2D eigenvalue weighted by Gasteiger charge is 2.29. The van der Waals surface area contributed by atoms with Crippen molar-refractivity contribution >= 4 is 33.6 Å². The average molecular weight is 1600 g/mol. The number of carbonyl (C=O) groups excluding carboxylic acids is 3. The predicted molar refractivity (Wildman–Crippen MR) is 463 cm³/mol. The van der Waals surface area contributed by atoms with E-state index in [4.69, 9.17) is 32.3 Å². The molecule has 638 valence electrons. The topological polar surface area (TPSA) is 231 Å². The zero-order valence-corrected chi connectivity index (χ0v) is 71.9. The molecule has 0 heterocycles. The number of hydrogen-bond acceptors (Lipinski definition) is 14. The Labute approximate surface area is 677 Å². The van der Waals surface area contributed by atoms with E-state index in [1.807, 2.05) is 0 Å². The molecular weight excluding hydrogens is 1430 g/mol. The molecule has 16 nitrogen and oxygen atoms in total. The third-order valence-corrected chi connectivity index (χ3v) is 20.4. The van der Waals surface area contributed by atoms with Gasteiger partial charge in [-0.25, -0.2) is 9.13 Å². The molecule has 5 atom stereocenters. The van der Waals surface area contributed by atoms with E-state index in [2.05, 4.69) is 167 Å². The van der Waals surface area contributed by atoms with Crippen LogP contribution >= 0.6 is 15.6 Å². The molecule has 0 aliphatic heterocycles. The van der Waals surface area contributed by atoms with Gasteiger partial charge in [-0.3, -0.25) is 32.5 Å². The molecule has 18 heteroatoms. The predicted octanol–water partition coefficient (Wildman–Crippen LogP) is 26.8. The van der Waals surface area contributed by atoms with Crippen molar-refractivity contribution in [1.82, 2.24) is 0 Å². The zero-order chi connectivity index (χ0) is 80.8. The summed E-state index contributed by atoms with van der Waals surface area (Å²) in [4.78, 5) is 58.8. The molecular formula is C93H160O16P2. The van der Waals surface area contributed by atoms with E-state index >= 15 is 0 Å². The van der Waals surface area contributed by atoms with E-state index in [0.29, 0.717) is 19.3 Å². The molecule has 111 heavy (non-hydrogen) atoms. The molecule has 0 saturated carbocycles. The minimum absolute atomic E-state index is 0.0827. The van der Waals surface area contributed by atoms with E-state index in [9.17, 15) is 43.5 Å². The lowest BCUT2D eigenvalue weighted by molar-refractivity contribution is -0.161. The summed E-state index contributed by atoms with van der Waals surface area (Å²) in [5.41, 5.74) is 0. The molecule has 0 radical (unpaired) electrons. The van der Waals surface area contributed by atoms with Gasteiger partial charge in [-0.05, 0) is 141 Å². The summed E-state index contributed by atoms with van der Waals surface area (Å²) in [5.74, 6) is -1.59. The summed E-state index contributed by atoms with van der Waals surface area (Å²) < 4.78 is 61.3. The van der Waals surface area contributed by atoms with Gasteiger partial charge in [0.25, 0.3) is 0 Å². The standard InChI is InChI=1S/C93H160O16P2/c1-4-7-10-13-16-19-22-25-28-30-32-34-36-38-40-42-43-45-47-48-50-52-54-56-59-61-64-67-70-73-76-79-91(96)103-82-88(94)83-105-110(99,100)106-84-89(95)85-107-111(101,102)108-87-90(109-93(98)81-78-75-72-69-66-63-58-27-24-21-18-15-12-9-6-3)86-104-92(97)80-77-74-71-68-65-62-60-57-55-53-51-49-46-44-41-39-37-35-33-31-29-26-23-20-17-14-11-8-5-2/h8-9,11-12,16-21,25-29,32-35,38-41,58,88-90,94-95H,4-7,10,13-15,22-24,30-31,36-37,42-57,59-87H2,1-3H3,(H,99,100)(H,101,102)/b11-8-,12-9-,19-16-,20-17-,21-18-,28-25-,29-26-,34-32-,35-33-,40-38-,41-39-,58-27-. The van der Waals surface area contributed by atoms with Crippen molar-refractivity contribution < 1.29 is 75.8 Å². The fourth-order valence-corrected chi connectivity index (χ4v) is 13.5. The lowest BCUT2D eigenvalue weighted by Crippen LogP contribution is -2.30. The highest BCUT2D eigenvalue weighted by Crippen LogP contribution is 2.45. The third kappa shape index (κ3) is 86.1. The maximum absolute atomic E-state index is 13.0. The van der Waals surface area contributed by atoms with Gasteiger partial charge in [0.15, 0.2) is 6.10 Å². The van der Waals surface area contributed by atoms with Crippen molar-refractivity contribution in [2.75, 3.05) is 39.6 Å². The van der Waals surface area contributed by atoms with E-state index in [1.54, 1.807) is 0 Å². The number of aliphatic hydroxyl groups excluding tert-OH is 2. The minimum Gasteiger partial charge on any atom is -0.463 e. The number of aliphatic hydroxyl groups is 2. The maximum atomic E-state index is 13.0. The van der Waals surface area contributed by atoms with Gasteiger partial charge in [0.05, 0.1) is 26.4 Å². The summed E-state index contributed by atoms with van der Waals surface area (Å²) in [6, 6.07) is 0. The third-order valence-electron chi connectivity index (χ3n) is 18.5. The van der Waals surface area contributed by atoms with Crippen LogP contribution in [-0.4, -0.2) is 95.9 Å². The number of unbranched alkanes of at least 4 members (excludes halogenated alkanes) is 36. The van der Waals surface area contributed by atoms with Crippen molar-refractivity contribution in [1.29, 1.82) is 0 Å². The van der Waals surface area contributed by atoms with E-state index in [1.165, 1.54) is 154 Å².